The van der Waals surface area contributed by atoms with Gasteiger partial charge in [0.2, 0.25) is 0 Å². The normalized spacial score (nSPS) is 19.4. The second-order valence-corrected chi connectivity index (χ2v) is 5.74. The molecule has 0 saturated heterocycles. The monoisotopic (exact) mass is 296 g/mol. The van der Waals surface area contributed by atoms with E-state index in [0.29, 0.717) is 6.04 Å². The second kappa shape index (κ2) is 5.51. The van der Waals surface area contributed by atoms with Crippen molar-refractivity contribution in [2.24, 2.45) is 5.73 Å². The molecule has 0 bridgehead atoms. The molecule has 0 aliphatic heterocycles. The van der Waals surface area contributed by atoms with Gasteiger partial charge < -0.3 is 5.73 Å². The van der Waals surface area contributed by atoms with Crippen molar-refractivity contribution in [1.82, 2.24) is 4.90 Å². The minimum absolute atomic E-state index is 0.147. The van der Waals surface area contributed by atoms with Crippen LogP contribution in [-0.2, 0) is 0 Å². The lowest BCUT2D eigenvalue weighted by molar-refractivity contribution is 0.175. The molecule has 94 valence electrons. The predicted molar refractivity (Wildman–Crippen MR) is 75.9 cm³/mol. The first-order chi connectivity index (χ1) is 8.15. The van der Waals surface area contributed by atoms with Crippen LogP contribution in [0, 0.1) is 0 Å². The van der Waals surface area contributed by atoms with E-state index in [1.807, 2.05) is 0 Å². The first-order valence-electron chi connectivity index (χ1n) is 6.41. The number of nitrogens with two attached hydrogens (primary N) is 1. The molecule has 3 heteroatoms. The first kappa shape index (κ1) is 13.1. The molecule has 2 N–H and O–H groups in total. The predicted octanol–water partition coefficient (Wildman–Crippen LogP) is 3.32. The lowest BCUT2D eigenvalue weighted by Crippen LogP contribution is -2.40. The molecule has 1 aliphatic carbocycles. The summed E-state index contributed by atoms with van der Waals surface area (Å²) >= 11 is 3.65. The number of hydrogen-bond acceptors (Lipinski definition) is 2. The maximum Gasteiger partial charge on any atom is 0.0510 e. The smallest absolute Gasteiger partial charge is 0.0510 e. The number of benzene rings is 1. The Bertz CT molecular complexity index is 374. The van der Waals surface area contributed by atoms with Gasteiger partial charge in [-0.15, -0.1) is 0 Å². The van der Waals surface area contributed by atoms with E-state index < -0.39 is 0 Å². The quantitative estimate of drug-likeness (QED) is 0.903. The molecule has 1 aromatic rings. The zero-order chi connectivity index (χ0) is 12.4. The summed E-state index contributed by atoms with van der Waals surface area (Å²) in [4.78, 5) is 2.55. The van der Waals surface area contributed by atoms with Gasteiger partial charge >= 0.3 is 0 Å². The summed E-state index contributed by atoms with van der Waals surface area (Å²) in [7, 11) is 0. The Morgan fingerprint density at radius 3 is 2.53 bits per heavy atom. The first-order valence-corrected chi connectivity index (χ1v) is 7.20. The number of rotatable bonds is 5. The van der Waals surface area contributed by atoms with Gasteiger partial charge in [0.05, 0.1) is 6.04 Å². The Kier molecular flexibility index (Phi) is 4.23. The van der Waals surface area contributed by atoms with Crippen LogP contribution in [0.4, 0.5) is 0 Å². The minimum Gasteiger partial charge on any atom is -0.326 e. The van der Waals surface area contributed by atoms with Crippen molar-refractivity contribution in [3.63, 3.8) is 0 Å². The van der Waals surface area contributed by atoms with Crippen molar-refractivity contribution in [2.75, 3.05) is 6.54 Å². The lowest BCUT2D eigenvalue weighted by Gasteiger charge is -2.34. The molecule has 1 saturated carbocycles. The third kappa shape index (κ3) is 2.90. The molecule has 2 rings (SSSR count). The molecule has 1 fully saturated rings. The van der Waals surface area contributed by atoms with E-state index in [1.54, 1.807) is 0 Å². The third-order valence-corrected chi connectivity index (χ3v) is 4.18. The van der Waals surface area contributed by atoms with Gasteiger partial charge in [-0.05, 0) is 37.9 Å². The van der Waals surface area contributed by atoms with Crippen LogP contribution in [0.2, 0.25) is 0 Å². The largest absolute Gasteiger partial charge is 0.326 e. The number of likely N-dealkylation sites (N-methyl/N-ethyl adjacent to an activating group) is 1. The second-order valence-electron chi connectivity index (χ2n) is 4.89. The summed E-state index contributed by atoms with van der Waals surface area (Å²) in [5, 5.41) is 0. The maximum absolute atomic E-state index is 6.22. The molecule has 0 spiro atoms. The Morgan fingerprint density at radius 1 is 1.41 bits per heavy atom. The van der Waals surface area contributed by atoms with Crippen LogP contribution >= 0.6 is 15.9 Å². The van der Waals surface area contributed by atoms with E-state index in [9.17, 15) is 0 Å². The fourth-order valence-electron chi connectivity index (χ4n) is 2.57. The molecule has 17 heavy (non-hydrogen) atoms. The lowest BCUT2D eigenvalue weighted by atomic mass is 9.99. The van der Waals surface area contributed by atoms with Gasteiger partial charge in [0.25, 0.3) is 0 Å². The van der Waals surface area contributed by atoms with Crippen LogP contribution in [-0.4, -0.2) is 23.5 Å². The van der Waals surface area contributed by atoms with Crippen LogP contribution in [0.3, 0.4) is 0 Å². The molecular weight excluding hydrogens is 276 g/mol. The standard InChI is InChI=1S/C14H21BrN2/c1-3-17(11-8-9-11)14(10(2)16)12-6-4-5-7-13(12)15/h4-7,10-11,14H,3,8-9,16H2,1-2H3. The number of hydrogen-bond donors (Lipinski definition) is 1. The van der Waals surface area contributed by atoms with E-state index >= 15 is 0 Å². The summed E-state index contributed by atoms with van der Waals surface area (Å²) in [6.07, 6.45) is 2.64. The van der Waals surface area contributed by atoms with Gasteiger partial charge in [-0.1, -0.05) is 41.1 Å². The van der Waals surface area contributed by atoms with Gasteiger partial charge in [-0.25, -0.2) is 0 Å². The van der Waals surface area contributed by atoms with Crippen molar-refractivity contribution in [1.29, 1.82) is 0 Å². The van der Waals surface area contributed by atoms with Gasteiger partial charge in [-0.3, -0.25) is 4.90 Å². The van der Waals surface area contributed by atoms with Crippen molar-refractivity contribution >= 4 is 15.9 Å². The highest BCUT2D eigenvalue weighted by Crippen LogP contribution is 2.37. The van der Waals surface area contributed by atoms with Gasteiger partial charge in [0.1, 0.15) is 0 Å². The van der Waals surface area contributed by atoms with Crippen LogP contribution < -0.4 is 5.73 Å². The highest BCUT2D eigenvalue weighted by atomic mass is 79.9. The maximum atomic E-state index is 6.22. The van der Waals surface area contributed by atoms with Crippen LogP contribution in [0.25, 0.3) is 0 Å². The Hall–Kier alpha value is -0.380. The van der Waals surface area contributed by atoms with Crippen molar-refractivity contribution < 1.29 is 0 Å². The van der Waals surface area contributed by atoms with Gasteiger partial charge in [-0.2, -0.15) is 0 Å². The Morgan fingerprint density at radius 2 is 2.06 bits per heavy atom. The molecule has 2 atom stereocenters. The average molecular weight is 297 g/mol. The van der Waals surface area contributed by atoms with E-state index in [2.05, 4.69) is 58.9 Å². The Balaban J connectivity index is 2.31. The van der Waals surface area contributed by atoms with Gasteiger partial charge in [0, 0.05) is 16.6 Å². The molecule has 1 aliphatic rings. The number of nitrogens with zero attached hydrogens (tertiary/aromatic N) is 1. The Labute approximate surface area is 112 Å². The van der Waals surface area contributed by atoms with E-state index in [4.69, 9.17) is 5.73 Å². The van der Waals surface area contributed by atoms with Crippen molar-refractivity contribution in [3.05, 3.63) is 34.3 Å². The SMILES string of the molecule is CCN(C1CC1)C(c1ccccc1Br)C(C)N. The van der Waals surface area contributed by atoms with Gasteiger partial charge in [0.15, 0.2) is 0 Å². The van der Waals surface area contributed by atoms with E-state index in [1.165, 1.54) is 22.9 Å². The molecule has 0 radical (unpaired) electrons. The number of halogens is 1. The zero-order valence-electron chi connectivity index (χ0n) is 10.6. The third-order valence-electron chi connectivity index (χ3n) is 3.46. The summed E-state index contributed by atoms with van der Waals surface area (Å²) < 4.78 is 1.17. The summed E-state index contributed by atoms with van der Waals surface area (Å²) in [6, 6.07) is 9.64. The summed E-state index contributed by atoms with van der Waals surface area (Å²) in [5.74, 6) is 0. The summed E-state index contributed by atoms with van der Waals surface area (Å²) in [6.45, 7) is 5.40. The summed E-state index contributed by atoms with van der Waals surface area (Å²) in [5.41, 5.74) is 7.53. The molecule has 1 aromatic carbocycles. The minimum atomic E-state index is 0.147. The zero-order valence-corrected chi connectivity index (χ0v) is 12.2. The molecule has 0 amide bonds. The average Bonchev–Trinajstić information content (AvgIpc) is 3.10. The fraction of sp³-hybridized carbons (Fsp3) is 0.571. The van der Waals surface area contributed by atoms with Crippen LogP contribution in [0.15, 0.2) is 28.7 Å². The van der Waals surface area contributed by atoms with E-state index in [0.717, 1.165) is 12.6 Å². The highest BCUT2D eigenvalue weighted by Gasteiger charge is 2.35. The van der Waals surface area contributed by atoms with Crippen LogP contribution in [0.5, 0.6) is 0 Å². The molecule has 2 unspecified atom stereocenters. The van der Waals surface area contributed by atoms with E-state index in [-0.39, 0.29) is 6.04 Å². The fourth-order valence-corrected chi connectivity index (χ4v) is 3.09. The molecule has 0 aromatic heterocycles. The molecular formula is C14H21BrN2. The highest BCUT2D eigenvalue weighted by molar-refractivity contribution is 9.10. The van der Waals surface area contributed by atoms with Crippen LogP contribution in [0.1, 0.15) is 38.3 Å². The molecule has 2 nitrogen and oxygen atoms in total. The molecule has 0 heterocycles. The topological polar surface area (TPSA) is 29.3 Å². The van der Waals surface area contributed by atoms with Crippen molar-refractivity contribution in [2.45, 2.75) is 44.8 Å². The van der Waals surface area contributed by atoms with Crippen molar-refractivity contribution in [3.8, 4) is 0 Å².